The molecule has 0 spiro atoms. The minimum Gasteiger partial charge on any atom is -0.0845 e. The van der Waals surface area contributed by atoms with E-state index in [1.54, 1.807) is 11.1 Å². The largest absolute Gasteiger partial charge is 0.0845 e. The van der Waals surface area contributed by atoms with Gasteiger partial charge in [-0.05, 0) is 50.5 Å². The summed E-state index contributed by atoms with van der Waals surface area (Å²) < 4.78 is 0. The van der Waals surface area contributed by atoms with E-state index in [-0.39, 0.29) is 0 Å². The average molecular weight is 218 g/mol. The van der Waals surface area contributed by atoms with Gasteiger partial charge in [0.1, 0.15) is 0 Å². The van der Waals surface area contributed by atoms with Gasteiger partial charge in [0, 0.05) is 0 Å². The quantitative estimate of drug-likeness (QED) is 0.554. The molecule has 0 N–H and O–H groups in total. The zero-order chi connectivity index (χ0) is 12.2. The van der Waals surface area contributed by atoms with Crippen molar-refractivity contribution in [3.63, 3.8) is 0 Å². The zero-order valence-electron chi connectivity index (χ0n) is 11.6. The Hall–Kier alpha value is -0.780. The second-order valence-corrected chi connectivity index (χ2v) is 5.48. The lowest BCUT2D eigenvalue weighted by Gasteiger charge is -2.33. The van der Waals surface area contributed by atoms with Gasteiger partial charge >= 0.3 is 0 Å². The molecule has 0 aromatic rings. The summed E-state index contributed by atoms with van der Waals surface area (Å²) in [6.07, 6.45) is 11.9. The van der Waals surface area contributed by atoms with E-state index in [9.17, 15) is 0 Å². The Kier molecular flexibility index (Phi) is 4.58. The topological polar surface area (TPSA) is 0 Å². The Morgan fingerprint density at radius 2 is 2.06 bits per heavy atom. The Morgan fingerprint density at radius 1 is 1.38 bits per heavy atom. The molecule has 16 heavy (non-hydrogen) atoms. The van der Waals surface area contributed by atoms with E-state index in [0.29, 0.717) is 5.41 Å². The monoisotopic (exact) mass is 218 g/mol. The molecule has 0 atom stereocenters. The second kappa shape index (κ2) is 5.52. The van der Waals surface area contributed by atoms with Crippen LogP contribution in [-0.4, -0.2) is 0 Å². The Balaban J connectivity index is 2.93. The van der Waals surface area contributed by atoms with Crippen molar-refractivity contribution in [1.29, 1.82) is 0 Å². The molecule has 1 aliphatic rings. The summed E-state index contributed by atoms with van der Waals surface area (Å²) in [5.74, 6) is 0. The van der Waals surface area contributed by atoms with Crippen LogP contribution in [0.5, 0.6) is 0 Å². The lowest BCUT2D eigenvalue weighted by molar-refractivity contribution is 0.377. The van der Waals surface area contributed by atoms with Crippen molar-refractivity contribution in [3.05, 3.63) is 34.9 Å². The number of rotatable bonds is 3. The summed E-state index contributed by atoms with van der Waals surface area (Å²) in [7, 11) is 0. The molecular weight excluding hydrogens is 192 g/mol. The van der Waals surface area contributed by atoms with E-state index in [4.69, 9.17) is 0 Å². The fraction of sp³-hybridized carbons (Fsp3) is 0.625. The fourth-order valence-electron chi connectivity index (χ4n) is 2.62. The van der Waals surface area contributed by atoms with Gasteiger partial charge in [-0.1, -0.05) is 50.1 Å². The van der Waals surface area contributed by atoms with Crippen molar-refractivity contribution in [3.8, 4) is 0 Å². The van der Waals surface area contributed by atoms with Gasteiger partial charge in [0.2, 0.25) is 0 Å². The van der Waals surface area contributed by atoms with Crippen molar-refractivity contribution in [2.45, 2.75) is 60.3 Å². The van der Waals surface area contributed by atoms with Gasteiger partial charge in [-0.25, -0.2) is 0 Å². The lowest BCUT2D eigenvalue weighted by atomic mass is 9.72. The molecule has 0 fully saturated rings. The van der Waals surface area contributed by atoms with Crippen molar-refractivity contribution >= 4 is 0 Å². The SMILES string of the molecule is C/C=C(/C=C/C1=C(C)CCCC1(C)C)CC. The molecule has 0 bridgehead atoms. The van der Waals surface area contributed by atoms with Crippen molar-refractivity contribution < 1.29 is 0 Å². The first-order valence-corrected chi connectivity index (χ1v) is 6.54. The smallest absolute Gasteiger partial charge is 0.0104 e. The molecule has 1 rings (SSSR count). The predicted molar refractivity (Wildman–Crippen MR) is 73.5 cm³/mol. The molecule has 0 saturated carbocycles. The van der Waals surface area contributed by atoms with E-state index < -0.39 is 0 Å². The third-order valence-corrected chi connectivity index (χ3v) is 3.79. The third-order valence-electron chi connectivity index (χ3n) is 3.79. The fourth-order valence-corrected chi connectivity index (χ4v) is 2.62. The summed E-state index contributed by atoms with van der Waals surface area (Å²) in [6, 6.07) is 0. The van der Waals surface area contributed by atoms with Gasteiger partial charge in [-0.3, -0.25) is 0 Å². The number of hydrogen-bond acceptors (Lipinski definition) is 0. The van der Waals surface area contributed by atoms with Gasteiger partial charge in [0.15, 0.2) is 0 Å². The molecule has 0 amide bonds. The number of hydrogen-bond donors (Lipinski definition) is 0. The summed E-state index contributed by atoms with van der Waals surface area (Å²) in [5.41, 5.74) is 4.94. The normalized spacial score (nSPS) is 21.9. The molecule has 0 heterocycles. The molecule has 0 unspecified atom stereocenters. The highest BCUT2D eigenvalue weighted by Gasteiger charge is 2.26. The van der Waals surface area contributed by atoms with Crippen molar-refractivity contribution in [2.75, 3.05) is 0 Å². The standard InChI is InChI=1S/C16H26/c1-6-14(7-2)10-11-15-13(3)9-8-12-16(15,4)5/h6,10-11H,7-9,12H2,1-5H3/b11-10+,14-6+. The van der Waals surface area contributed by atoms with E-state index in [1.165, 1.54) is 24.8 Å². The third kappa shape index (κ3) is 3.10. The minimum atomic E-state index is 0.366. The molecule has 0 aliphatic heterocycles. The first-order chi connectivity index (χ1) is 7.51. The molecule has 0 nitrogen and oxygen atoms in total. The molecule has 0 aromatic carbocycles. The predicted octanol–water partition coefficient (Wildman–Crippen LogP) is 5.43. The molecule has 0 aromatic heterocycles. The molecule has 0 saturated heterocycles. The molecular formula is C16H26. The minimum absolute atomic E-state index is 0.366. The van der Waals surface area contributed by atoms with Crippen LogP contribution in [0.3, 0.4) is 0 Å². The molecule has 90 valence electrons. The summed E-state index contributed by atoms with van der Waals surface area (Å²) >= 11 is 0. The Labute approximate surface area is 101 Å². The zero-order valence-corrected chi connectivity index (χ0v) is 11.6. The van der Waals surface area contributed by atoms with Crippen LogP contribution in [0.1, 0.15) is 60.3 Å². The Morgan fingerprint density at radius 3 is 2.56 bits per heavy atom. The highest BCUT2D eigenvalue weighted by molar-refractivity contribution is 5.36. The molecule has 0 radical (unpaired) electrons. The maximum atomic E-state index is 2.37. The highest BCUT2D eigenvalue weighted by atomic mass is 14.3. The van der Waals surface area contributed by atoms with E-state index in [0.717, 1.165) is 6.42 Å². The average Bonchev–Trinajstić information content (AvgIpc) is 2.22. The maximum Gasteiger partial charge on any atom is -0.0104 e. The van der Waals surface area contributed by atoms with Crippen LogP contribution in [0.15, 0.2) is 34.9 Å². The van der Waals surface area contributed by atoms with Crippen LogP contribution in [0.25, 0.3) is 0 Å². The van der Waals surface area contributed by atoms with E-state index >= 15 is 0 Å². The van der Waals surface area contributed by atoms with Crippen LogP contribution in [0.2, 0.25) is 0 Å². The van der Waals surface area contributed by atoms with E-state index in [1.807, 2.05) is 0 Å². The van der Waals surface area contributed by atoms with Crippen LogP contribution < -0.4 is 0 Å². The van der Waals surface area contributed by atoms with Crippen LogP contribution in [0.4, 0.5) is 0 Å². The van der Waals surface area contributed by atoms with Crippen LogP contribution >= 0.6 is 0 Å². The van der Waals surface area contributed by atoms with Gasteiger partial charge in [-0.2, -0.15) is 0 Å². The van der Waals surface area contributed by atoms with Crippen LogP contribution in [0, 0.1) is 5.41 Å². The second-order valence-electron chi connectivity index (χ2n) is 5.48. The summed E-state index contributed by atoms with van der Waals surface area (Å²) in [4.78, 5) is 0. The van der Waals surface area contributed by atoms with Crippen LogP contribution in [-0.2, 0) is 0 Å². The summed E-state index contributed by atoms with van der Waals surface area (Å²) in [5, 5.41) is 0. The van der Waals surface area contributed by atoms with Crippen molar-refractivity contribution in [1.82, 2.24) is 0 Å². The highest BCUT2D eigenvalue weighted by Crippen LogP contribution is 2.40. The number of allylic oxidation sites excluding steroid dienone is 6. The summed E-state index contributed by atoms with van der Waals surface area (Å²) in [6.45, 7) is 11.4. The van der Waals surface area contributed by atoms with Gasteiger partial charge in [0.25, 0.3) is 0 Å². The van der Waals surface area contributed by atoms with Crippen molar-refractivity contribution in [2.24, 2.45) is 5.41 Å². The van der Waals surface area contributed by atoms with E-state index in [2.05, 4.69) is 52.8 Å². The molecule has 1 aliphatic carbocycles. The van der Waals surface area contributed by atoms with Gasteiger partial charge in [0.05, 0.1) is 0 Å². The van der Waals surface area contributed by atoms with Gasteiger partial charge < -0.3 is 0 Å². The first-order valence-electron chi connectivity index (χ1n) is 6.54. The maximum absolute atomic E-state index is 2.37. The Bertz CT molecular complexity index is 324. The first kappa shape index (κ1) is 13.3. The van der Waals surface area contributed by atoms with Gasteiger partial charge in [-0.15, -0.1) is 0 Å². The molecule has 0 heteroatoms. The lowest BCUT2D eigenvalue weighted by Crippen LogP contribution is -2.19.